The lowest BCUT2D eigenvalue weighted by Crippen LogP contribution is -2.17. The Balaban J connectivity index is 1.80. The van der Waals surface area contributed by atoms with Gasteiger partial charge in [0.2, 0.25) is 0 Å². The summed E-state index contributed by atoms with van der Waals surface area (Å²) in [7, 11) is 0. The molecule has 3 aromatic rings. The molecular formula is C17H12BrF2N3O. The summed E-state index contributed by atoms with van der Waals surface area (Å²) < 4.78 is 29.1. The van der Waals surface area contributed by atoms with Gasteiger partial charge in [-0.2, -0.15) is 5.10 Å². The van der Waals surface area contributed by atoms with Crippen LogP contribution in [-0.2, 0) is 6.54 Å². The minimum atomic E-state index is -0.913. The monoisotopic (exact) mass is 391 g/mol. The lowest BCUT2D eigenvalue weighted by atomic mass is 10.2. The van der Waals surface area contributed by atoms with Crippen LogP contribution in [0.2, 0.25) is 0 Å². The first-order valence-corrected chi connectivity index (χ1v) is 7.85. The summed E-state index contributed by atoms with van der Waals surface area (Å²) in [5, 5.41) is 6.75. The molecule has 7 heteroatoms. The van der Waals surface area contributed by atoms with E-state index in [1.54, 1.807) is 10.7 Å². The van der Waals surface area contributed by atoms with E-state index in [4.69, 9.17) is 0 Å². The van der Waals surface area contributed by atoms with Gasteiger partial charge in [-0.25, -0.2) is 13.5 Å². The molecule has 1 amide bonds. The van der Waals surface area contributed by atoms with Gasteiger partial charge in [0.1, 0.15) is 17.5 Å². The first-order valence-electron chi connectivity index (χ1n) is 7.06. The maximum absolute atomic E-state index is 13.7. The molecule has 0 atom stereocenters. The largest absolute Gasteiger partial charge is 0.307 e. The Morgan fingerprint density at radius 2 is 1.96 bits per heavy atom. The molecule has 0 saturated heterocycles. The number of hydrogen-bond acceptors (Lipinski definition) is 2. The predicted octanol–water partition coefficient (Wildman–Crippen LogP) is 4.22. The molecule has 0 saturated carbocycles. The molecule has 0 unspecified atom stereocenters. The summed E-state index contributed by atoms with van der Waals surface area (Å²) in [6.07, 6.45) is 1.54. The van der Waals surface area contributed by atoms with Gasteiger partial charge in [-0.1, -0.05) is 34.1 Å². The van der Waals surface area contributed by atoms with Crippen molar-refractivity contribution in [3.63, 3.8) is 0 Å². The molecule has 1 N–H and O–H groups in total. The van der Waals surface area contributed by atoms with E-state index in [1.165, 1.54) is 6.20 Å². The minimum absolute atomic E-state index is 0.231. The van der Waals surface area contributed by atoms with Crippen LogP contribution in [0.1, 0.15) is 15.9 Å². The quantitative estimate of drug-likeness (QED) is 0.723. The van der Waals surface area contributed by atoms with Gasteiger partial charge in [-0.3, -0.25) is 4.79 Å². The zero-order valence-electron chi connectivity index (χ0n) is 12.3. The second kappa shape index (κ2) is 6.92. The van der Waals surface area contributed by atoms with E-state index in [2.05, 4.69) is 26.3 Å². The van der Waals surface area contributed by atoms with Crippen LogP contribution >= 0.6 is 15.9 Å². The highest BCUT2D eigenvalue weighted by atomic mass is 79.9. The molecule has 3 rings (SSSR count). The van der Waals surface area contributed by atoms with E-state index in [-0.39, 0.29) is 5.56 Å². The van der Waals surface area contributed by atoms with Crippen LogP contribution in [0.3, 0.4) is 0 Å². The second-order valence-corrected chi connectivity index (χ2v) is 5.90. The molecule has 1 heterocycles. The van der Waals surface area contributed by atoms with Crippen molar-refractivity contribution in [2.45, 2.75) is 6.54 Å². The zero-order chi connectivity index (χ0) is 17.1. The minimum Gasteiger partial charge on any atom is -0.307 e. The zero-order valence-corrected chi connectivity index (χ0v) is 13.9. The highest BCUT2D eigenvalue weighted by Gasteiger charge is 2.15. The van der Waals surface area contributed by atoms with Crippen molar-refractivity contribution < 1.29 is 13.6 Å². The Hall–Kier alpha value is -2.54. The van der Waals surface area contributed by atoms with Crippen LogP contribution in [0.15, 0.2) is 59.2 Å². The summed E-state index contributed by atoms with van der Waals surface area (Å²) in [5.74, 6) is -1.90. The molecule has 2 aromatic carbocycles. The highest BCUT2D eigenvalue weighted by Crippen LogP contribution is 2.19. The number of carbonyl (C=O) groups is 1. The van der Waals surface area contributed by atoms with Gasteiger partial charge in [0, 0.05) is 16.6 Å². The summed E-state index contributed by atoms with van der Waals surface area (Å²) in [6, 6.07) is 12.1. The number of amides is 1. The number of hydrogen-bond donors (Lipinski definition) is 1. The van der Waals surface area contributed by atoms with E-state index in [0.29, 0.717) is 18.4 Å². The van der Waals surface area contributed by atoms with E-state index in [9.17, 15) is 13.6 Å². The average Bonchev–Trinajstić information content (AvgIpc) is 2.96. The Labute approximate surface area is 145 Å². The second-order valence-electron chi connectivity index (χ2n) is 5.04. The fraction of sp³-hybridized carbons (Fsp3) is 0.0588. The van der Waals surface area contributed by atoms with Crippen molar-refractivity contribution in [2.24, 2.45) is 0 Å². The van der Waals surface area contributed by atoms with Crippen molar-refractivity contribution in [2.75, 3.05) is 5.32 Å². The Bertz CT molecular complexity index is 895. The lowest BCUT2D eigenvalue weighted by Gasteiger charge is -2.10. The third-order valence-corrected chi connectivity index (χ3v) is 4.19. The van der Waals surface area contributed by atoms with Crippen LogP contribution in [0.25, 0.3) is 0 Å². The van der Waals surface area contributed by atoms with E-state index in [1.807, 2.05) is 24.3 Å². The number of anilines is 1. The van der Waals surface area contributed by atoms with Crippen molar-refractivity contribution in [1.82, 2.24) is 9.78 Å². The maximum atomic E-state index is 13.7. The number of aromatic nitrogens is 2. The Morgan fingerprint density at radius 3 is 2.71 bits per heavy atom. The van der Waals surface area contributed by atoms with Crippen LogP contribution < -0.4 is 5.32 Å². The molecule has 0 spiro atoms. The first-order chi connectivity index (χ1) is 11.5. The van der Waals surface area contributed by atoms with Crippen LogP contribution in [0.4, 0.5) is 14.6 Å². The third-order valence-electron chi connectivity index (χ3n) is 3.41. The Morgan fingerprint density at radius 1 is 1.17 bits per heavy atom. The van der Waals surface area contributed by atoms with Crippen LogP contribution in [0.5, 0.6) is 0 Å². The number of benzene rings is 2. The summed E-state index contributed by atoms with van der Waals surface area (Å²) in [4.78, 5) is 12.2. The normalized spacial score (nSPS) is 10.6. The molecule has 122 valence electrons. The van der Waals surface area contributed by atoms with E-state index >= 15 is 0 Å². The van der Waals surface area contributed by atoms with Gasteiger partial charge in [-0.15, -0.1) is 0 Å². The van der Waals surface area contributed by atoms with Gasteiger partial charge in [0.05, 0.1) is 18.3 Å². The number of nitrogens with zero attached hydrogens (tertiary/aromatic N) is 2. The maximum Gasteiger partial charge on any atom is 0.259 e. The number of nitrogens with one attached hydrogen (secondary N) is 1. The number of rotatable bonds is 4. The predicted molar refractivity (Wildman–Crippen MR) is 89.8 cm³/mol. The molecule has 4 nitrogen and oxygen atoms in total. The molecule has 0 radical (unpaired) electrons. The van der Waals surface area contributed by atoms with Gasteiger partial charge in [-0.05, 0) is 23.8 Å². The van der Waals surface area contributed by atoms with Crippen molar-refractivity contribution in [3.05, 3.63) is 82.0 Å². The smallest absolute Gasteiger partial charge is 0.259 e. The van der Waals surface area contributed by atoms with Gasteiger partial charge in [0.15, 0.2) is 0 Å². The molecule has 24 heavy (non-hydrogen) atoms. The standard InChI is InChI=1S/C17H12BrF2N3O/c18-14-4-2-1-3-11(14)10-23-16(7-8-21-23)22-17(24)13-6-5-12(19)9-15(13)20/h1-9H,10H2,(H,22,24). The number of halogens is 3. The van der Waals surface area contributed by atoms with Crippen LogP contribution in [0, 0.1) is 11.6 Å². The topological polar surface area (TPSA) is 46.9 Å². The van der Waals surface area contributed by atoms with Crippen molar-refractivity contribution >= 4 is 27.7 Å². The first kappa shape index (κ1) is 16.3. The Kier molecular flexibility index (Phi) is 4.71. The molecule has 0 aliphatic rings. The van der Waals surface area contributed by atoms with E-state index in [0.717, 1.165) is 22.2 Å². The molecular weight excluding hydrogens is 380 g/mol. The highest BCUT2D eigenvalue weighted by molar-refractivity contribution is 9.10. The molecule has 0 fully saturated rings. The number of carbonyl (C=O) groups excluding carboxylic acids is 1. The molecule has 0 aliphatic heterocycles. The fourth-order valence-corrected chi connectivity index (χ4v) is 2.62. The fourth-order valence-electron chi connectivity index (χ4n) is 2.21. The van der Waals surface area contributed by atoms with Gasteiger partial charge in [0.25, 0.3) is 5.91 Å². The van der Waals surface area contributed by atoms with E-state index < -0.39 is 17.5 Å². The molecule has 1 aromatic heterocycles. The van der Waals surface area contributed by atoms with Crippen molar-refractivity contribution in [3.8, 4) is 0 Å². The summed E-state index contributed by atoms with van der Waals surface area (Å²) in [6.45, 7) is 0.427. The SMILES string of the molecule is O=C(Nc1ccnn1Cc1ccccc1Br)c1ccc(F)cc1F. The van der Waals surface area contributed by atoms with Gasteiger partial charge >= 0.3 is 0 Å². The van der Waals surface area contributed by atoms with Crippen molar-refractivity contribution in [1.29, 1.82) is 0 Å². The van der Waals surface area contributed by atoms with Gasteiger partial charge < -0.3 is 5.32 Å². The molecule has 0 bridgehead atoms. The summed E-state index contributed by atoms with van der Waals surface area (Å²) >= 11 is 3.46. The average molecular weight is 392 g/mol. The van der Waals surface area contributed by atoms with Crippen LogP contribution in [-0.4, -0.2) is 15.7 Å². The lowest BCUT2D eigenvalue weighted by molar-refractivity contribution is 0.102. The molecule has 0 aliphatic carbocycles. The summed E-state index contributed by atoms with van der Waals surface area (Å²) in [5.41, 5.74) is 0.745. The third kappa shape index (κ3) is 3.51.